The molecule has 1 aromatic carbocycles. The Labute approximate surface area is 105 Å². The van der Waals surface area contributed by atoms with Crippen LogP contribution in [-0.2, 0) is 6.54 Å². The third-order valence-electron chi connectivity index (χ3n) is 3.31. The molecule has 0 amide bonds. The lowest BCUT2D eigenvalue weighted by Crippen LogP contribution is -2.48. The quantitative estimate of drug-likeness (QED) is 0.761. The van der Waals surface area contributed by atoms with Crippen molar-refractivity contribution < 1.29 is 5.11 Å². The Morgan fingerprint density at radius 2 is 1.88 bits per heavy atom. The van der Waals surface area contributed by atoms with Crippen LogP contribution in [0, 0.1) is 0 Å². The number of hydrogen-bond acceptors (Lipinski definition) is 2. The molecule has 96 valence electrons. The zero-order valence-electron chi connectivity index (χ0n) is 11.2. The first kappa shape index (κ1) is 14.2. The Morgan fingerprint density at radius 1 is 1.24 bits per heavy atom. The van der Waals surface area contributed by atoms with Crippen molar-refractivity contribution in [3.05, 3.63) is 35.9 Å². The van der Waals surface area contributed by atoms with Crippen molar-refractivity contribution in [2.75, 3.05) is 0 Å². The summed E-state index contributed by atoms with van der Waals surface area (Å²) in [5.74, 6) is 0. The van der Waals surface area contributed by atoms with Crippen molar-refractivity contribution in [2.24, 2.45) is 0 Å². The van der Waals surface area contributed by atoms with Crippen molar-refractivity contribution in [2.45, 2.75) is 58.2 Å². The van der Waals surface area contributed by atoms with E-state index in [4.69, 9.17) is 0 Å². The molecule has 0 aromatic heterocycles. The van der Waals surface area contributed by atoms with Crippen molar-refractivity contribution >= 4 is 0 Å². The molecule has 2 heteroatoms. The SMILES string of the molecule is CCC[C@@](C)(O)[C@H](CC)NCc1ccccc1. The van der Waals surface area contributed by atoms with Crippen molar-refractivity contribution in [3.8, 4) is 0 Å². The van der Waals surface area contributed by atoms with E-state index in [0.717, 1.165) is 25.8 Å². The summed E-state index contributed by atoms with van der Waals surface area (Å²) >= 11 is 0. The molecule has 0 saturated carbocycles. The predicted molar refractivity (Wildman–Crippen MR) is 72.9 cm³/mol. The second-order valence-corrected chi connectivity index (χ2v) is 4.93. The molecule has 2 atom stereocenters. The molecule has 0 fully saturated rings. The van der Waals surface area contributed by atoms with Gasteiger partial charge in [0.2, 0.25) is 0 Å². The normalized spacial score (nSPS) is 16.5. The molecule has 0 radical (unpaired) electrons. The molecule has 0 saturated heterocycles. The fourth-order valence-electron chi connectivity index (χ4n) is 2.32. The Bertz CT molecular complexity index is 308. The maximum absolute atomic E-state index is 10.4. The number of nitrogens with one attached hydrogen (secondary N) is 1. The van der Waals surface area contributed by atoms with Gasteiger partial charge in [0.1, 0.15) is 0 Å². The molecule has 0 spiro atoms. The van der Waals surface area contributed by atoms with Crippen LogP contribution in [0.2, 0.25) is 0 Å². The lowest BCUT2D eigenvalue weighted by molar-refractivity contribution is 0.00855. The molecule has 0 heterocycles. The summed E-state index contributed by atoms with van der Waals surface area (Å²) in [4.78, 5) is 0. The Balaban J connectivity index is 2.53. The van der Waals surface area contributed by atoms with Gasteiger partial charge in [-0.05, 0) is 25.3 Å². The zero-order chi connectivity index (χ0) is 12.7. The average molecular weight is 235 g/mol. The summed E-state index contributed by atoms with van der Waals surface area (Å²) < 4.78 is 0. The highest BCUT2D eigenvalue weighted by Crippen LogP contribution is 2.19. The molecule has 17 heavy (non-hydrogen) atoms. The molecular weight excluding hydrogens is 210 g/mol. The van der Waals surface area contributed by atoms with Gasteiger partial charge in [-0.1, -0.05) is 50.6 Å². The third-order valence-corrected chi connectivity index (χ3v) is 3.31. The molecule has 0 unspecified atom stereocenters. The summed E-state index contributed by atoms with van der Waals surface area (Å²) in [6, 6.07) is 10.5. The van der Waals surface area contributed by atoms with E-state index < -0.39 is 5.60 Å². The first-order valence-corrected chi connectivity index (χ1v) is 6.59. The number of aliphatic hydroxyl groups is 1. The van der Waals surface area contributed by atoms with Gasteiger partial charge < -0.3 is 10.4 Å². The van der Waals surface area contributed by atoms with Crippen molar-refractivity contribution in [1.29, 1.82) is 0 Å². The van der Waals surface area contributed by atoms with Crippen LogP contribution in [0.1, 0.15) is 45.6 Å². The van der Waals surface area contributed by atoms with Crippen LogP contribution in [-0.4, -0.2) is 16.7 Å². The summed E-state index contributed by atoms with van der Waals surface area (Å²) in [5.41, 5.74) is 0.649. The third kappa shape index (κ3) is 4.49. The highest BCUT2D eigenvalue weighted by molar-refractivity contribution is 5.14. The maximum atomic E-state index is 10.4. The van der Waals surface area contributed by atoms with Crippen LogP contribution in [0.4, 0.5) is 0 Å². The molecular formula is C15H25NO. The zero-order valence-corrected chi connectivity index (χ0v) is 11.2. The Kier molecular flexibility index (Phi) is 5.66. The van der Waals surface area contributed by atoms with E-state index in [1.54, 1.807) is 0 Å². The molecule has 2 N–H and O–H groups in total. The van der Waals surface area contributed by atoms with E-state index in [-0.39, 0.29) is 6.04 Å². The number of hydrogen-bond donors (Lipinski definition) is 2. The van der Waals surface area contributed by atoms with Gasteiger partial charge in [0, 0.05) is 12.6 Å². The van der Waals surface area contributed by atoms with Gasteiger partial charge in [0.25, 0.3) is 0 Å². The predicted octanol–water partition coefficient (Wildman–Crippen LogP) is 3.11. The molecule has 0 aliphatic rings. The maximum Gasteiger partial charge on any atom is 0.0771 e. The second-order valence-electron chi connectivity index (χ2n) is 4.93. The highest BCUT2D eigenvalue weighted by Gasteiger charge is 2.28. The summed E-state index contributed by atoms with van der Waals surface area (Å²) in [7, 11) is 0. The first-order valence-electron chi connectivity index (χ1n) is 6.59. The lowest BCUT2D eigenvalue weighted by Gasteiger charge is -2.33. The topological polar surface area (TPSA) is 32.3 Å². The van der Waals surface area contributed by atoms with Gasteiger partial charge in [-0.25, -0.2) is 0 Å². The molecule has 0 aliphatic carbocycles. The van der Waals surface area contributed by atoms with Gasteiger partial charge in [0.05, 0.1) is 5.60 Å². The largest absolute Gasteiger partial charge is 0.389 e. The van der Waals surface area contributed by atoms with E-state index in [1.165, 1.54) is 5.56 Å². The summed E-state index contributed by atoms with van der Waals surface area (Å²) in [6.07, 6.45) is 2.80. The van der Waals surface area contributed by atoms with E-state index in [2.05, 4.69) is 31.3 Å². The van der Waals surface area contributed by atoms with Crippen LogP contribution in [0.25, 0.3) is 0 Å². The molecule has 1 aromatic rings. The van der Waals surface area contributed by atoms with E-state index >= 15 is 0 Å². The lowest BCUT2D eigenvalue weighted by atomic mass is 9.89. The Morgan fingerprint density at radius 3 is 2.41 bits per heavy atom. The van der Waals surface area contributed by atoms with Crippen molar-refractivity contribution in [1.82, 2.24) is 5.32 Å². The van der Waals surface area contributed by atoms with Gasteiger partial charge in [-0.3, -0.25) is 0 Å². The fourth-order valence-corrected chi connectivity index (χ4v) is 2.32. The highest BCUT2D eigenvalue weighted by atomic mass is 16.3. The van der Waals surface area contributed by atoms with E-state index in [9.17, 15) is 5.11 Å². The minimum atomic E-state index is -0.613. The minimum absolute atomic E-state index is 0.155. The van der Waals surface area contributed by atoms with Gasteiger partial charge >= 0.3 is 0 Å². The fraction of sp³-hybridized carbons (Fsp3) is 0.600. The minimum Gasteiger partial charge on any atom is -0.389 e. The number of rotatable bonds is 7. The Hall–Kier alpha value is -0.860. The van der Waals surface area contributed by atoms with Gasteiger partial charge in [0.15, 0.2) is 0 Å². The molecule has 0 aliphatic heterocycles. The van der Waals surface area contributed by atoms with Crippen LogP contribution >= 0.6 is 0 Å². The van der Waals surface area contributed by atoms with E-state index in [1.807, 2.05) is 25.1 Å². The van der Waals surface area contributed by atoms with Crippen LogP contribution < -0.4 is 5.32 Å². The second kappa shape index (κ2) is 6.77. The van der Waals surface area contributed by atoms with Gasteiger partial charge in [-0.2, -0.15) is 0 Å². The van der Waals surface area contributed by atoms with Crippen LogP contribution in [0.5, 0.6) is 0 Å². The molecule has 1 rings (SSSR count). The standard InChI is InChI=1S/C15H25NO/c1-4-11-15(3,17)14(5-2)16-12-13-9-7-6-8-10-13/h6-10,14,16-17H,4-5,11-12H2,1-3H3/t14-,15+/m0/s1. The average Bonchev–Trinajstić information content (AvgIpc) is 2.30. The number of benzene rings is 1. The summed E-state index contributed by atoms with van der Waals surface area (Å²) in [5, 5.41) is 13.9. The first-order chi connectivity index (χ1) is 8.10. The van der Waals surface area contributed by atoms with Gasteiger partial charge in [-0.15, -0.1) is 0 Å². The molecule has 0 bridgehead atoms. The van der Waals surface area contributed by atoms with Crippen molar-refractivity contribution in [3.63, 3.8) is 0 Å². The summed E-state index contributed by atoms with van der Waals surface area (Å²) in [6.45, 7) is 6.98. The van der Waals surface area contributed by atoms with E-state index in [0.29, 0.717) is 0 Å². The molecule has 2 nitrogen and oxygen atoms in total. The smallest absolute Gasteiger partial charge is 0.0771 e. The van der Waals surface area contributed by atoms with Crippen LogP contribution in [0.15, 0.2) is 30.3 Å². The monoisotopic (exact) mass is 235 g/mol. The van der Waals surface area contributed by atoms with Crippen LogP contribution in [0.3, 0.4) is 0 Å².